The van der Waals surface area contributed by atoms with Crippen molar-refractivity contribution in [1.82, 2.24) is 15.2 Å². The van der Waals surface area contributed by atoms with E-state index in [-0.39, 0.29) is 0 Å². The maximum atomic E-state index is 12.3. The minimum absolute atomic E-state index is 0.344. The predicted octanol–water partition coefficient (Wildman–Crippen LogP) is 1.85. The van der Waals surface area contributed by atoms with Gasteiger partial charge < -0.3 is 5.32 Å². The van der Waals surface area contributed by atoms with Crippen molar-refractivity contribution < 1.29 is 14.4 Å². The number of urea groups is 1. The molecular formula is C16H14N4O3. The number of carbonyl (C=O) groups is 3. The van der Waals surface area contributed by atoms with Gasteiger partial charge in [0.05, 0.1) is 11.1 Å². The van der Waals surface area contributed by atoms with Crippen LogP contribution in [-0.4, -0.2) is 33.9 Å². The molecule has 1 unspecified atom stereocenters. The number of fused-ring (bicyclic) bond motifs is 1. The van der Waals surface area contributed by atoms with Crippen LogP contribution in [0.1, 0.15) is 27.6 Å². The molecule has 0 aliphatic carbocycles. The molecule has 0 bridgehead atoms. The maximum absolute atomic E-state index is 12.3. The summed E-state index contributed by atoms with van der Waals surface area (Å²) in [4.78, 5) is 41.6. The Balaban J connectivity index is 1.70. The summed E-state index contributed by atoms with van der Waals surface area (Å²) in [6, 6.07) is 11.1. The molecule has 0 saturated carbocycles. The van der Waals surface area contributed by atoms with Gasteiger partial charge in [0.25, 0.3) is 11.8 Å². The van der Waals surface area contributed by atoms with E-state index < -0.39 is 24.0 Å². The molecule has 1 aliphatic heterocycles. The molecule has 7 heteroatoms. The Hall–Kier alpha value is -3.22. The standard InChI is InChI=1S/C16H14N4O3/c1-10(18-16(23)19-13-8-4-5-9-17-13)20-14(21)11-6-2-3-7-12(11)15(20)22/h2-10H,1H3,(H2,17,18,19,23). The molecule has 0 radical (unpaired) electrons. The van der Waals surface area contributed by atoms with Crippen molar-refractivity contribution in [2.45, 2.75) is 13.1 Å². The Bertz CT molecular complexity index is 741. The highest BCUT2D eigenvalue weighted by Crippen LogP contribution is 2.23. The number of anilines is 1. The molecule has 1 aromatic carbocycles. The zero-order valence-corrected chi connectivity index (χ0v) is 12.3. The van der Waals surface area contributed by atoms with E-state index in [9.17, 15) is 14.4 Å². The number of benzene rings is 1. The van der Waals surface area contributed by atoms with E-state index in [1.54, 1.807) is 55.6 Å². The van der Waals surface area contributed by atoms with Crippen LogP contribution in [0.15, 0.2) is 48.7 Å². The topological polar surface area (TPSA) is 91.4 Å². The summed E-state index contributed by atoms with van der Waals surface area (Å²) in [5.41, 5.74) is 0.688. The first kappa shape index (κ1) is 14.7. The number of nitrogens with zero attached hydrogens (tertiary/aromatic N) is 2. The van der Waals surface area contributed by atoms with Crippen LogP contribution in [0.2, 0.25) is 0 Å². The third kappa shape index (κ3) is 2.76. The molecule has 23 heavy (non-hydrogen) atoms. The van der Waals surface area contributed by atoms with Gasteiger partial charge in [0, 0.05) is 6.20 Å². The summed E-state index contributed by atoms with van der Waals surface area (Å²) >= 11 is 0. The minimum Gasteiger partial charge on any atom is -0.317 e. The number of hydrogen-bond donors (Lipinski definition) is 2. The Morgan fingerprint density at radius 2 is 1.65 bits per heavy atom. The second kappa shape index (κ2) is 5.88. The summed E-state index contributed by atoms with van der Waals surface area (Å²) in [7, 11) is 0. The van der Waals surface area contributed by atoms with Crippen molar-refractivity contribution >= 4 is 23.7 Å². The number of imide groups is 1. The second-order valence-electron chi connectivity index (χ2n) is 5.02. The molecule has 2 aromatic rings. The fraction of sp³-hybridized carbons (Fsp3) is 0.125. The normalized spacial score (nSPS) is 14.4. The van der Waals surface area contributed by atoms with Gasteiger partial charge in [-0.15, -0.1) is 0 Å². The van der Waals surface area contributed by atoms with Crippen LogP contribution >= 0.6 is 0 Å². The van der Waals surface area contributed by atoms with Crippen LogP contribution in [0, 0.1) is 0 Å². The van der Waals surface area contributed by atoms with Crippen LogP contribution in [0.25, 0.3) is 0 Å². The van der Waals surface area contributed by atoms with Crippen molar-refractivity contribution in [3.63, 3.8) is 0 Å². The monoisotopic (exact) mass is 310 g/mol. The molecule has 0 spiro atoms. The number of amides is 4. The SMILES string of the molecule is CC(NC(=O)Nc1ccccn1)N1C(=O)c2ccccc2C1=O. The van der Waals surface area contributed by atoms with Crippen molar-refractivity contribution in [3.05, 3.63) is 59.8 Å². The molecule has 2 heterocycles. The predicted molar refractivity (Wildman–Crippen MR) is 82.8 cm³/mol. The third-order valence-corrected chi connectivity index (χ3v) is 3.46. The van der Waals surface area contributed by atoms with Gasteiger partial charge in [-0.25, -0.2) is 9.78 Å². The van der Waals surface area contributed by atoms with Gasteiger partial charge in [0.2, 0.25) is 0 Å². The number of hydrogen-bond acceptors (Lipinski definition) is 4. The quantitative estimate of drug-likeness (QED) is 0.846. The summed E-state index contributed by atoms with van der Waals surface area (Å²) < 4.78 is 0. The average molecular weight is 310 g/mol. The lowest BCUT2D eigenvalue weighted by Crippen LogP contribution is -2.50. The highest BCUT2D eigenvalue weighted by molar-refractivity contribution is 6.21. The summed E-state index contributed by atoms with van der Waals surface area (Å²) in [5, 5.41) is 5.10. The van der Waals surface area contributed by atoms with Crippen LogP contribution in [0.4, 0.5) is 10.6 Å². The molecule has 2 N–H and O–H groups in total. The molecule has 1 atom stereocenters. The largest absolute Gasteiger partial charge is 0.322 e. The lowest BCUT2D eigenvalue weighted by Gasteiger charge is -2.23. The first-order chi connectivity index (χ1) is 11.1. The van der Waals surface area contributed by atoms with E-state index in [1.807, 2.05) is 0 Å². The number of carbonyl (C=O) groups excluding carboxylic acids is 3. The van der Waals surface area contributed by atoms with E-state index in [0.717, 1.165) is 4.90 Å². The van der Waals surface area contributed by atoms with E-state index in [4.69, 9.17) is 0 Å². The third-order valence-electron chi connectivity index (χ3n) is 3.46. The molecule has 0 fully saturated rings. The molecule has 116 valence electrons. The highest BCUT2D eigenvalue weighted by atomic mass is 16.2. The van der Waals surface area contributed by atoms with Gasteiger partial charge in [-0.1, -0.05) is 18.2 Å². The van der Waals surface area contributed by atoms with Crippen molar-refractivity contribution in [1.29, 1.82) is 0 Å². The van der Waals surface area contributed by atoms with Crippen LogP contribution in [0.5, 0.6) is 0 Å². The van der Waals surface area contributed by atoms with Crippen LogP contribution in [0.3, 0.4) is 0 Å². The van der Waals surface area contributed by atoms with Gasteiger partial charge in [0.15, 0.2) is 0 Å². The first-order valence-corrected chi connectivity index (χ1v) is 7.03. The summed E-state index contributed by atoms with van der Waals surface area (Å²) in [6.45, 7) is 1.57. The smallest absolute Gasteiger partial charge is 0.317 e. The Labute approximate surface area is 132 Å². The van der Waals surface area contributed by atoms with E-state index >= 15 is 0 Å². The maximum Gasteiger partial charge on any atom is 0.322 e. The van der Waals surface area contributed by atoms with Gasteiger partial charge in [-0.05, 0) is 31.2 Å². The van der Waals surface area contributed by atoms with Crippen molar-refractivity contribution in [3.8, 4) is 0 Å². The lowest BCUT2D eigenvalue weighted by atomic mass is 10.1. The zero-order valence-electron chi connectivity index (χ0n) is 12.3. The molecule has 1 aliphatic rings. The Kier molecular flexibility index (Phi) is 3.76. The van der Waals surface area contributed by atoms with Crippen molar-refractivity contribution in [2.75, 3.05) is 5.32 Å². The van der Waals surface area contributed by atoms with E-state index in [1.165, 1.54) is 0 Å². The minimum atomic E-state index is -0.786. The molecular weight excluding hydrogens is 296 g/mol. The molecule has 7 nitrogen and oxygen atoms in total. The lowest BCUT2D eigenvalue weighted by molar-refractivity contribution is 0.0581. The number of rotatable bonds is 3. The first-order valence-electron chi connectivity index (χ1n) is 7.03. The van der Waals surface area contributed by atoms with Crippen LogP contribution < -0.4 is 10.6 Å². The van der Waals surface area contributed by atoms with Gasteiger partial charge in [-0.2, -0.15) is 0 Å². The number of pyridine rings is 1. The zero-order chi connectivity index (χ0) is 16.4. The molecule has 1 aromatic heterocycles. The fourth-order valence-electron chi connectivity index (χ4n) is 2.40. The molecule has 3 rings (SSSR count). The highest BCUT2D eigenvalue weighted by Gasteiger charge is 2.38. The Morgan fingerprint density at radius 1 is 1.04 bits per heavy atom. The Morgan fingerprint density at radius 3 is 2.22 bits per heavy atom. The molecule has 4 amide bonds. The molecule has 0 saturated heterocycles. The summed E-state index contributed by atoms with van der Waals surface area (Å²) in [6.07, 6.45) is 0.759. The van der Waals surface area contributed by atoms with Gasteiger partial charge in [-0.3, -0.25) is 19.8 Å². The van der Waals surface area contributed by atoms with E-state index in [2.05, 4.69) is 15.6 Å². The number of aromatic nitrogens is 1. The van der Waals surface area contributed by atoms with E-state index in [0.29, 0.717) is 16.9 Å². The van der Waals surface area contributed by atoms with Gasteiger partial charge >= 0.3 is 6.03 Å². The fourth-order valence-corrected chi connectivity index (χ4v) is 2.40. The second-order valence-corrected chi connectivity index (χ2v) is 5.02. The number of nitrogens with one attached hydrogen (secondary N) is 2. The van der Waals surface area contributed by atoms with Crippen molar-refractivity contribution in [2.24, 2.45) is 0 Å². The summed E-state index contributed by atoms with van der Waals surface area (Å²) in [5.74, 6) is -0.466. The van der Waals surface area contributed by atoms with Gasteiger partial charge in [0.1, 0.15) is 12.0 Å². The van der Waals surface area contributed by atoms with Crippen LogP contribution in [-0.2, 0) is 0 Å². The average Bonchev–Trinajstić information content (AvgIpc) is 2.80.